The van der Waals surface area contributed by atoms with Crippen molar-refractivity contribution < 1.29 is 181 Å². The molecule has 6 aliphatic heterocycles. The number of carboxylic acid groups (broad SMARTS) is 12. The summed E-state index contributed by atoms with van der Waals surface area (Å²) in [5.74, 6) is -25.9. The molecule has 0 saturated carbocycles. The van der Waals surface area contributed by atoms with Crippen LogP contribution in [0.15, 0.2) is 60.7 Å². The Morgan fingerprint density at radius 3 is 0.724 bits per heavy atom. The van der Waals surface area contributed by atoms with Gasteiger partial charge in [0.05, 0.1) is 83.1 Å². The average molecular weight is 2060 g/mol. The van der Waals surface area contributed by atoms with Crippen LogP contribution in [0, 0.1) is 23.2 Å². The number of carbonyl (C=O) groups excluding carboxylic acids is 12. The second kappa shape index (κ2) is 54.8. The van der Waals surface area contributed by atoms with E-state index in [-0.39, 0.29) is 193 Å². The molecule has 8 rings (SSSR count). The lowest BCUT2D eigenvalue weighted by molar-refractivity contribution is -0.151. The Hall–Kier alpha value is -13.9. The van der Waals surface area contributed by atoms with Gasteiger partial charge in [0, 0.05) is 85.0 Å². The van der Waals surface area contributed by atoms with Gasteiger partial charge in [0.25, 0.3) is 41.6 Å². The number of benzene rings is 2. The van der Waals surface area contributed by atoms with Crippen LogP contribution in [0.5, 0.6) is 0 Å². The van der Waals surface area contributed by atoms with Crippen LogP contribution in [-0.2, 0) is 121 Å². The number of alkyl halides is 2. The highest BCUT2D eigenvalue weighted by atomic mass is 79.9. The summed E-state index contributed by atoms with van der Waals surface area (Å²) in [5.41, 5.74) is 6.65. The van der Waals surface area contributed by atoms with Crippen molar-refractivity contribution in [3.05, 3.63) is 71.8 Å². The smallest absolute Gasteiger partial charge is 0.305 e. The largest absolute Gasteiger partial charge is 0.481 e. The second-order valence-electron chi connectivity index (χ2n) is 27.8. The van der Waals surface area contributed by atoms with Crippen molar-refractivity contribution in [2.45, 2.75) is 119 Å². The molecular weight excluding hydrogens is 1980 g/mol. The molecule has 0 atom stereocenters. The highest BCUT2D eigenvalue weighted by Gasteiger charge is 2.50. The van der Waals surface area contributed by atoms with Crippen LogP contribution in [0.1, 0.15) is 107 Å². The van der Waals surface area contributed by atoms with E-state index in [0.717, 1.165) is 54.6 Å². The van der Waals surface area contributed by atoms with E-state index in [4.69, 9.17) is 146 Å². The average Bonchev–Trinajstić information content (AvgIpc) is 0.778. The zero-order valence-electron chi connectivity index (χ0n) is 69.6. The Bertz CT molecular complexity index is 4610. The Labute approximate surface area is 795 Å². The summed E-state index contributed by atoms with van der Waals surface area (Å²) >= 11 is 32.9. The second-order valence-corrected chi connectivity index (χ2v) is 30.9. The van der Waals surface area contributed by atoms with Crippen LogP contribution in [-0.4, -0.2) is 389 Å². The normalized spacial score (nSPS) is 16.1. The van der Waals surface area contributed by atoms with Crippen molar-refractivity contribution in [3.8, 4) is 6.07 Å². The molecule has 14 N–H and O–H groups in total. The van der Waals surface area contributed by atoms with Gasteiger partial charge in [-0.1, -0.05) is 76.6 Å². The van der Waals surface area contributed by atoms with Gasteiger partial charge >= 0.3 is 71.6 Å². The predicted molar refractivity (Wildman–Crippen MR) is 470 cm³/mol. The third-order valence-corrected chi connectivity index (χ3v) is 22.0. The van der Waals surface area contributed by atoms with Gasteiger partial charge in [-0.3, -0.25) is 174 Å². The Balaban J connectivity index is 0.000000415. The summed E-state index contributed by atoms with van der Waals surface area (Å²) in [6, 6.07) is 17.6. The SMILES string of the molecule is N#CCCC1C(=O)N(CCC(=O)O)C(=S)N(CCC(=O)O)C1=O.NC1C(=O)N(CCC(=O)O)C(=S)N(CCC(=O)O)C1=O.O=C(O)CCN1C(=O)C(Br)C(=O)N(CCC(=O)O)C1=S.O=C(O)CCN1C(=O)C(Cc2ccccc2)C(=O)N(CCC(=O)O)C1=S.O=C(O)CCN1C(=O)C(F)C(=O)N(CCC(=O)O)C1=S.O=C(O)CCN1C(=O)C(c2ccccc2)C(=O)N(CCC(=O)O)C1=S. The number of amides is 12. The summed E-state index contributed by atoms with van der Waals surface area (Å²) in [4.78, 5) is 284. The molecule has 0 aliphatic carbocycles. The molecule has 134 heavy (non-hydrogen) atoms. The fourth-order valence-electron chi connectivity index (χ4n) is 12.0. The molecule has 724 valence electrons. The number of nitrogens with two attached hydrogens (primary N) is 1. The van der Waals surface area contributed by atoms with E-state index < -0.39 is 190 Å². The molecule has 6 fully saturated rings. The first-order chi connectivity index (χ1) is 62.7. The standard InChI is InChI=1S/C17H18N2O6S.C16H16N2O6S.C13H15N3O6S.C10H11BrN2O6S.C10H11FN2O6S.C10H13N3O6S/c20-13(21)6-8-18-15(24)12(10-11-4-2-1-3-5-11)16(25)19(17(18)26)9-7-14(22)23;19-11(20)6-8-17-14(23)13(10-4-2-1-3-5-10)15(24)18(16(17)25)9-7-12(21)22;14-5-1-2-8-11(21)15(6-3-9(17)18)13(23)16(12(8)22)7-4-10(19)20;3*11-7-8(18)12(3-1-5(14)15)10(20)13(9(7)19)4-2-6(16)17/h1-5,12H,6-10H2,(H,20,21)(H,22,23);1-5,13H,6-9H2,(H,19,20)(H,21,22);8H,1-4,6-7H2,(H,17,18)(H,19,20);2*7H,1-4H2,(H,14,15)(H,16,17);7H,1-4,11H2,(H,14,15)(H,16,17). The fraction of sp³-hybridized carbons (Fsp3) is 0.434. The first-order valence-corrected chi connectivity index (χ1v) is 42.2. The monoisotopic (exact) mass is 2060 g/mol. The van der Waals surface area contributed by atoms with E-state index >= 15 is 0 Å². The fourth-order valence-corrected chi connectivity index (χ4v) is 14.6. The lowest BCUT2D eigenvalue weighted by atomic mass is 9.94. The summed E-state index contributed by atoms with van der Waals surface area (Å²) in [7, 11) is 0. The molecule has 6 aliphatic rings. The summed E-state index contributed by atoms with van der Waals surface area (Å²) < 4.78 is 13.6. The predicted octanol–water partition coefficient (Wildman–Crippen LogP) is -1.66. The van der Waals surface area contributed by atoms with Crippen molar-refractivity contribution in [3.63, 3.8) is 0 Å². The number of hydrogen-bond acceptors (Lipinski definition) is 32. The molecule has 2 aromatic carbocycles. The zero-order valence-corrected chi connectivity index (χ0v) is 76.1. The number of nitriles is 1. The van der Waals surface area contributed by atoms with E-state index in [2.05, 4.69) is 15.9 Å². The third kappa shape index (κ3) is 34.1. The molecule has 2 aromatic rings. The Kier molecular flexibility index (Phi) is 46.8. The minimum atomic E-state index is -2.50. The maximum Gasteiger partial charge on any atom is 0.305 e. The molecule has 6 saturated heterocycles. The van der Waals surface area contributed by atoms with Gasteiger partial charge in [-0.05, 0) is 97.3 Å². The molecule has 58 heteroatoms. The van der Waals surface area contributed by atoms with Crippen LogP contribution in [0.25, 0.3) is 0 Å². The summed E-state index contributed by atoms with van der Waals surface area (Å²) in [6.45, 7) is -2.72. The lowest BCUT2D eigenvalue weighted by Crippen LogP contribution is -2.65. The van der Waals surface area contributed by atoms with E-state index in [0.29, 0.717) is 15.4 Å². The summed E-state index contributed by atoms with van der Waals surface area (Å²) in [5, 5.41) is 112. The number of hydrogen-bond donors (Lipinski definition) is 13. The van der Waals surface area contributed by atoms with Gasteiger partial charge in [0.2, 0.25) is 35.4 Å². The highest BCUT2D eigenvalue weighted by Crippen LogP contribution is 2.30. The molecular formula is C76H84BrFN14O36S6. The highest BCUT2D eigenvalue weighted by molar-refractivity contribution is 9.10. The van der Waals surface area contributed by atoms with Crippen molar-refractivity contribution in [2.75, 3.05) is 78.5 Å². The van der Waals surface area contributed by atoms with Crippen LogP contribution >= 0.6 is 89.2 Å². The minimum Gasteiger partial charge on any atom is -0.481 e. The first-order valence-electron chi connectivity index (χ1n) is 38.8. The van der Waals surface area contributed by atoms with E-state index in [1.807, 2.05) is 12.1 Å². The van der Waals surface area contributed by atoms with Crippen LogP contribution in [0.4, 0.5) is 4.39 Å². The molecule has 0 aromatic heterocycles. The van der Waals surface area contributed by atoms with E-state index in [1.165, 1.54) is 0 Å². The molecule has 0 radical (unpaired) electrons. The van der Waals surface area contributed by atoms with Crippen LogP contribution < -0.4 is 5.73 Å². The van der Waals surface area contributed by atoms with Crippen LogP contribution in [0.2, 0.25) is 0 Å². The topological polar surface area (TPSA) is 741 Å². The van der Waals surface area contributed by atoms with Crippen molar-refractivity contribution >= 4 is 262 Å². The van der Waals surface area contributed by atoms with Gasteiger partial charge in [-0.15, -0.1) is 0 Å². The first kappa shape index (κ1) is 114. The minimum absolute atomic E-state index is 0.0239. The van der Waals surface area contributed by atoms with Gasteiger partial charge in [-0.25, -0.2) is 4.39 Å². The molecule has 0 bridgehead atoms. The maximum atomic E-state index is 13.6. The third-order valence-electron chi connectivity index (χ3n) is 18.6. The molecule has 50 nitrogen and oxygen atoms in total. The maximum absolute atomic E-state index is 13.6. The number of halogens is 2. The number of thiocarbonyl (C=S) groups is 6. The molecule has 12 amide bonds. The van der Waals surface area contributed by atoms with Crippen molar-refractivity contribution in [1.29, 1.82) is 5.26 Å². The van der Waals surface area contributed by atoms with Crippen LogP contribution in [0.3, 0.4) is 0 Å². The molecule has 0 unspecified atom stereocenters. The number of nitrogens with zero attached hydrogens (tertiary/aromatic N) is 13. The summed E-state index contributed by atoms with van der Waals surface area (Å²) in [6.07, 6.45) is -6.80. The molecule has 6 heterocycles. The Morgan fingerprint density at radius 2 is 0.500 bits per heavy atom. The zero-order chi connectivity index (χ0) is 102. The van der Waals surface area contributed by atoms with Crippen molar-refractivity contribution in [2.24, 2.45) is 17.6 Å². The van der Waals surface area contributed by atoms with E-state index in [9.17, 15) is 119 Å². The van der Waals surface area contributed by atoms with Gasteiger partial charge in [0.1, 0.15) is 17.8 Å². The quantitative estimate of drug-likeness (QED) is 0.0201. The number of carbonyl (C=O) groups is 24. The Morgan fingerprint density at radius 1 is 0.306 bits per heavy atom. The lowest BCUT2D eigenvalue weighted by Gasteiger charge is -2.39. The van der Waals surface area contributed by atoms with Gasteiger partial charge in [-0.2, -0.15) is 5.26 Å². The number of carboxylic acids is 12. The van der Waals surface area contributed by atoms with Gasteiger partial charge < -0.3 is 67.0 Å². The van der Waals surface area contributed by atoms with E-state index in [1.54, 1.807) is 54.6 Å². The van der Waals surface area contributed by atoms with Gasteiger partial charge in [0.15, 0.2) is 41.5 Å². The van der Waals surface area contributed by atoms with Crippen molar-refractivity contribution in [1.82, 2.24) is 58.8 Å². The number of rotatable bonds is 41. The number of aliphatic carboxylic acids is 12. The molecule has 0 spiro atoms.